The van der Waals surface area contributed by atoms with Crippen LogP contribution in [0.2, 0.25) is 0 Å². The summed E-state index contributed by atoms with van der Waals surface area (Å²) in [5, 5.41) is 12.0. The Hall–Kier alpha value is -3.86. The van der Waals surface area contributed by atoms with E-state index < -0.39 is 54.6 Å². The highest BCUT2D eigenvalue weighted by Crippen LogP contribution is 2.36. The normalized spacial score (nSPS) is 23.7. The lowest BCUT2D eigenvalue weighted by Crippen LogP contribution is -2.63. The number of phenols is 1. The molecule has 0 bridgehead atoms. The lowest BCUT2D eigenvalue weighted by molar-refractivity contribution is -0.288. The van der Waals surface area contributed by atoms with Gasteiger partial charge >= 0.3 is 23.9 Å². The maximum atomic E-state index is 11.9. The summed E-state index contributed by atoms with van der Waals surface area (Å²) in [5.41, 5.74) is 0. The van der Waals surface area contributed by atoms with Gasteiger partial charge in [0.25, 0.3) is 0 Å². The molecule has 0 amide bonds. The molecular formula is C24H26O11. The second-order valence-corrected chi connectivity index (χ2v) is 7.85. The molecule has 2 aromatic carbocycles. The van der Waals surface area contributed by atoms with Gasteiger partial charge in [0, 0.05) is 27.7 Å². The summed E-state index contributed by atoms with van der Waals surface area (Å²) in [6, 6.07) is 10.2. The number of carbonyl (C=O) groups is 4. The predicted molar refractivity (Wildman–Crippen MR) is 118 cm³/mol. The van der Waals surface area contributed by atoms with Gasteiger partial charge in [-0.15, -0.1) is 0 Å². The largest absolute Gasteiger partial charge is 0.504 e. The molecule has 0 spiro atoms. The molecule has 0 saturated carbocycles. The summed E-state index contributed by atoms with van der Waals surface area (Å²) >= 11 is 0. The van der Waals surface area contributed by atoms with Crippen LogP contribution in [-0.2, 0) is 42.9 Å². The van der Waals surface area contributed by atoms with Crippen molar-refractivity contribution in [2.24, 2.45) is 0 Å². The van der Waals surface area contributed by atoms with Gasteiger partial charge < -0.3 is 33.5 Å². The van der Waals surface area contributed by atoms with E-state index >= 15 is 0 Å². The van der Waals surface area contributed by atoms with Gasteiger partial charge in [-0.2, -0.15) is 0 Å². The van der Waals surface area contributed by atoms with Crippen molar-refractivity contribution in [1.29, 1.82) is 0 Å². The van der Waals surface area contributed by atoms with Gasteiger partial charge in [0.05, 0.1) is 0 Å². The molecule has 2 aromatic rings. The Morgan fingerprint density at radius 3 is 1.91 bits per heavy atom. The van der Waals surface area contributed by atoms with Gasteiger partial charge in [-0.25, -0.2) is 0 Å². The van der Waals surface area contributed by atoms with Gasteiger partial charge in [0.1, 0.15) is 12.7 Å². The Kier molecular flexibility index (Phi) is 8.13. The number of ether oxygens (including phenoxy) is 6. The number of hydrogen-bond acceptors (Lipinski definition) is 11. The molecule has 1 heterocycles. The molecule has 5 atom stereocenters. The fraction of sp³-hybridized carbons (Fsp3) is 0.417. The van der Waals surface area contributed by atoms with Gasteiger partial charge in [-0.05, 0) is 22.9 Å². The molecule has 0 aromatic heterocycles. The molecule has 188 valence electrons. The quantitative estimate of drug-likeness (QED) is 0.449. The minimum absolute atomic E-state index is 0.00963. The van der Waals surface area contributed by atoms with E-state index in [1.807, 2.05) is 6.07 Å². The molecule has 1 aliphatic heterocycles. The number of esters is 4. The van der Waals surface area contributed by atoms with Crippen LogP contribution in [0, 0.1) is 0 Å². The highest BCUT2D eigenvalue weighted by atomic mass is 16.7. The molecule has 1 saturated heterocycles. The average molecular weight is 490 g/mol. The van der Waals surface area contributed by atoms with Crippen LogP contribution >= 0.6 is 0 Å². The average Bonchev–Trinajstić information content (AvgIpc) is 2.76. The molecule has 5 unspecified atom stereocenters. The van der Waals surface area contributed by atoms with Crippen molar-refractivity contribution < 1.29 is 52.7 Å². The first-order valence-corrected chi connectivity index (χ1v) is 10.7. The number of carbonyl (C=O) groups excluding carboxylic acids is 4. The first-order chi connectivity index (χ1) is 16.5. The smallest absolute Gasteiger partial charge is 0.303 e. The minimum Gasteiger partial charge on any atom is -0.504 e. The number of phenolic OH excluding ortho intramolecular Hbond substituents is 1. The minimum atomic E-state index is -1.44. The first kappa shape index (κ1) is 25.8. The molecule has 11 nitrogen and oxygen atoms in total. The highest BCUT2D eigenvalue weighted by molar-refractivity contribution is 5.85. The lowest BCUT2D eigenvalue weighted by atomic mass is 9.98. The second kappa shape index (κ2) is 11.0. The van der Waals surface area contributed by atoms with Gasteiger partial charge in [0.15, 0.2) is 23.7 Å². The highest BCUT2D eigenvalue weighted by Gasteiger charge is 2.53. The van der Waals surface area contributed by atoms with Crippen LogP contribution in [0.5, 0.6) is 11.5 Å². The molecular weight excluding hydrogens is 464 g/mol. The Balaban J connectivity index is 2.03. The second-order valence-electron chi connectivity index (χ2n) is 7.85. The molecule has 1 N–H and O–H groups in total. The molecule has 0 aliphatic carbocycles. The summed E-state index contributed by atoms with van der Waals surface area (Å²) in [6.07, 6.45) is -6.68. The summed E-state index contributed by atoms with van der Waals surface area (Å²) in [5.74, 6) is -3.12. The maximum absolute atomic E-state index is 11.9. The molecule has 35 heavy (non-hydrogen) atoms. The van der Waals surface area contributed by atoms with Crippen LogP contribution in [0.4, 0.5) is 0 Å². The third kappa shape index (κ3) is 6.60. The number of rotatable bonds is 7. The Morgan fingerprint density at radius 2 is 1.34 bits per heavy atom. The van der Waals surface area contributed by atoms with E-state index in [4.69, 9.17) is 28.4 Å². The lowest BCUT2D eigenvalue weighted by Gasteiger charge is -2.43. The van der Waals surface area contributed by atoms with Crippen molar-refractivity contribution in [2.45, 2.75) is 58.4 Å². The van der Waals surface area contributed by atoms with Crippen molar-refractivity contribution in [2.75, 3.05) is 6.61 Å². The summed E-state index contributed by atoms with van der Waals surface area (Å²) in [4.78, 5) is 47.0. The van der Waals surface area contributed by atoms with Crippen molar-refractivity contribution in [1.82, 2.24) is 0 Å². The van der Waals surface area contributed by atoms with E-state index in [0.717, 1.165) is 31.5 Å². The number of hydrogen-bond donors (Lipinski definition) is 1. The fourth-order valence-electron chi connectivity index (χ4n) is 3.71. The van der Waals surface area contributed by atoms with Crippen LogP contribution in [0.15, 0.2) is 36.4 Å². The monoisotopic (exact) mass is 490 g/mol. The topological polar surface area (TPSA) is 144 Å². The fourth-order valence-corrected chi connectivity index (χ4v) is 3.71. The molecule has 3 rings (SSSR count). The molecule has 0 radical (unpaired) electrons. The van der Waals surface area contributed by atoms with Crippen molar-refractivity contribution in [3.05, 3.63) is 36.4 Å². The number of fused-ring (bicyclic) bond motifs is 1. The zero-order chi connectivity index (χ0) is 25.7. The van der Waals surface area contributed by atoms with E-state index in [2.05, 4.69) is 0 Å². The van der Waals surface area contributed by atoms with Crippen LogP contribution in [0.3, 0.4) is 0 Å². The van der Waals surface area contributed by atoms with E-state index in [1.165, 1.54) is 13.0 Å². The first-order valence-electron chi connectivity index (χ1n) is 10.7. The van der Waals surface area contributed by atoms with E-state index in [1.54, 1.807) is 24.3 Å². The molecule has 1 aliphatic rings. The van der Waals surface area contributed by atoms with Crippen LogP contribution in [-0.4, -0.2) is 66.3 Å². The Labute approximate surface area is 200 Å². The number of benzene rings is 2. The van der Waals surface area contributed by atoms with Gasteiger partial charge in [0.2, 0.25) is 12.4 Å². The molecule has 11 heteroatoms. The van der Waals surface area contributed by atoms with Gasteiger partial charge in [-0.3, -0.25) is 19.2 Å². The Morgan fingerprint density at radius 1 is 0.800 bits per heavy atom. The summed E-state index contributed by atoms with van der Waals surface area (Å²) < 4.78 is 32.8. The van der Waals surface area contributed by atoms with E-state index in [9.17, 15) is 24.3 Å². The van der Waals surface area contributed by atoms with Crippen molar-refractivity contribution in [3.8, 4) is 11.5 Å². The van der Waals surface area contributed by atoms with Crippen LogP contribution < -0.4 is 4.74 Å². The zero-order valence-electron chi connectivity index (χ0n) is 19.6. The standard InChI is InChI=1S/C24H26O11/c1-12(25)30-11-20-21(31-13(2)26)22(32-14(3)27)23(33-15(4)28)24(35-20)34-19-10-17-8-6-5-7-16(17)9-18(19)29/h5-10,20-24,29H,11H2,1-4H3. The number of aromatic hydroxyl groups is 1. The van der Waals surface area contributed by atoms with Crippen LogP contribution in [0.1, 0.15) is 27.7 Å². The third-order valence-corrected chi connectivity index (χ3v) is 5.02. The predicted octanol–water partition coefficient (Wildman–Crippen LogP) is 2.01. The summed E-state index contributed by atoms with van der Waals surface area (Å²) in [7, 11) is 0. The van der Waals surface area contributed by atoms with E-state index in [0.29, 0.717) is 0 Å². The van der Waals surface area contributed by atoms with Gasteiger partial charge in [-0.1, -0.05) is 24.3 Å². The Bertz CT molecular complexity index is 1110. The van der Waals surface area contributed by atoms with Crippen molar-refractivity contribution >= 4 is 34.6 Å². The third-order valence-electron chi connectivity index (χ3n) is 5.02. The maximum Gasteiger partial charge on any atom is 0.303 e. The summed E-state index contributed by atoms with van der Waals surface area (Å²) in [6.45, 7) is 4.17. The zero-order valence-corrected chi connectivity index (χ0v) is 19.6. The van der Waals surface area contributed by atoms with E-state index in [-0.39, 0.29) is 18.1 Å². The van der Waals surface area contributed by atoms with Crippen molar-refractivity contribution in [3.63, 3.8) is 0 Å². The molecule has 1 fully saturated rings. The SMILES string of the molecule is CC(=O)OCC1OC(Oc2cc3ccccc3cc2O)C(OC(C)=O)C(OC(C)=O)C1OC(C)=O. The van der Waals surface area contributed by atoms with Crippen LogP contribution in [0.25, 0.3) is 10.8 Å².